The van der Waals surface area contributed by atoms with Crippen molar-refractivity contribution in [1.82, 2.24) is 19.9 Å². The van der Waals surface area contributed by atoms with Crippen LogP contribution in [0.25, 0.3) is 135 Å². The van der Waals surface area contributed by atoms with Crippen LogP contribution in [-0.4, -0.2) is 64.2 Å². The molecular weight excluding hydrogens is 1050 g/mol. The second-order valence-electron chi connectivity index (χ2n) is 20.3. The summed E-state index contributed by atoms with van der Waals surface area (Å²) in [5.74, 6) is -3.98. The summed E-state index contributed by atoms with van der Waals surface area (Å²) in [5, 5.41) is 38.3. The third-order valence-corrected chi connectivity index (χ3v) is 15.3. The van der Waals surface area contributed by atoms with Crippen molar-refractivity contribution in [3.63, 3.8) is 0 Å². The number of carbonyl (C=O) groups is 4. The predicted octanol–water partition coefficient (Wildman–Crippen LogP) is 16.8. The van der Waals surface area contributed by atoms with Gasteiger partial charge in [0.05, 0.1) is 45.0 Å². The first-order valence-electron chi connectivity index (χ1n) is 26.8. The van der Waals surface area contributed by atoms with E-state index in [9.17, 15) is 39.6 Å². The number of fused-ring (bicyclic) bond motifs is 8. The molecule has 5 heterocycles. The molecule has 8 bridgehead atoms. The molecule has 8 aromatic carbocycles. The number of benzene rings is 8. The first-order valence-corrected chi connectivity index (χ1v) is 26.8. The molecule has 0 radical (unpaired) electrons. The van der Waals surface area contributed by atoms with Gasteiger partial charge in [-0.15, -0.1) is 0 Å². The van der Waals surface area contributed by atoms with Crippen LogP contribution in [0.3, 0.4) is 0 Å². The fraction of sp³-hybridized carbons (Fsp3) is 0. The van der Waals surface area contributed by atoms with Crippen LogP contribution in [0.2, 0.25) is 0 Å². The zero-order valence-corrected chi connectivity index (χ0v) is 44.4. The third kappa shape index (κ3) is 9.92. The monoisotopic (exact) mass is 1090 g/mol. The van der Waals surface area contributed by atoms with Gasteiger partial charge in [-0.3, -0.25) is 0 Å². The Balaban J connectivity index is 1.05. The Labute approximate surface area is 480 Å². The van der Waals surface area contributed by atoms with Crippen LogP contribution in [0.1, 0.15) is 64.2 Å². The Morgan fingerprint density at radius 2 is 0.405 bits per heavy atom. The summed E-state index contributed by atoms with van der Waals surface area (Å²) in [6, 6.07) is 67.9. The highest BCUT2D eigenvalue weighted by Crippen LogP contribution is 2.40. The lowest BCUT2D eigenvalue weighted by Crippen LogP contribution is -1.95. The van der Waals surface area contributed by atoms with Gasteiger partial charge < -0.3 is 30.4 Å². The van der Waals surface area contributed by atoms with E-state index in [0.717, 1.165) is 111 Å². The van der Waals surface area contributed by atoms with Gasteiger partial charge in [-0.2, -0.15) is 0 Å². The standard InChI is InChI=1S/C72H46N4O8/c77-69(78)53-25-9-45(10-26-53)41-1-17-49(18-2-41)65-57-33-35-59(73-57)66(50-19-3-42(4-20-50)46-11-27-54(28-12-46)70(79)80)61-37-39-63(75-61)68(52-23-7-44(8-24-52)48-15-31-56(32-16-48)72(83)84)64-40-38-62(76-64)67(60-36-34-58(65)74-60)51-21-5-43(6-22-51)47-13-29-55(30-14-47)71(81)82/h1-40,73-74H,(H,77,78)(H,79,80)(H,81,82)(H,83,84). The average molecular weight is 1100 g/mol. The number of nitrogens with one attached hydrogen (secondary N) is 2. The topological polar surface area (TPSA) is 207 Å². The summed E-state index contributed by atoms with van der Waals surface area (Å²) in [6.07, 6.45) is 8.05. The summed E-state index contributed by atoms with van der Waals surface area (Å²) in [7, 11) is 0. The minimum Gasteiger partial charge on any atom is -0.478 e. The van der Waals surface area contributed by atoms with E-state index in [0.29, 0.717) is 22.8 Å². The average Bonchev–Trinajstić information content (AvgIpc) is 3.70. The summed E-state index contributed by atoms with van der Waals surface area (Å²) >= 11 is 0. The van der Waals surface area contributed by atoms with Crippen LogP contribution in [0.4, 0.5) is 0 Å². The molecule has 3 aromatic heterocycles. The summed E-state index contributed by atoms with van der Waals surface area (Å²) in [6.45, 7) is 0. The van der Waals surface area contributed by atoms with E-state index in [-0.39, 0.29) is 22.3 Å². The normalized spacial score (nSPS) is 11.6. The van der Waals surface area contributed by atoms with Crippen molar-refractivity contribution in [2.45, 2.75) is 0 Å². The van der Waals surface area contributed by atoms with Crippen LogP contribution in [0.15, 0.2) is 218 Å². The minimum atomic E-state index is -0.996. The Morgan fingerprint density at radius 1 is 0.226 bits per heavy atom. The lowest BCUT2D eigenvalue weighted by atomic mass is 9.98. The number of carboxylic acid groups (broad SMARTS) is 4. The molecule has 84 heavy (non-hydrogen) atoms. The molecular formula is C72H46N4O8. The van der Waals surface area contributed by atoms with Crippen molar-refractivity contribution >= 4 is 70.2 Å². The summed E-state index contributed by atoms with van der Waals surface area (Å²) in [4.78, 5) is 65.4. The Kier molecular flexibility index (Phi) is 13.1. The van der Waals surface area contributed by atoms with E-state index in [1.54, 1.807) is 97.1 Å². The van der Waals surface area contributed by atoms with E-state index in [1.165, 1.54) is 0 Å². The van der Waals surface area contributed by atoms with Crippen molar-refractivity contribution in [3.05, 3.63) is 263 Å². The molecule has 2 aliphatic rings. The number of aromatic nitrogens is 4. The van der Waals surface area contributed by atoms with E-state index in [1.807, 2.05) is 109 Å². The number of rotatable bonds is 12. The van der Waals surface area contributed by atoms with Crippen molar-refractivity contribution in [3.8, 4) is 89.0 Å². The first-order chi connectivity index (χ1) is 40.9. The summed E-state index contributed by atoms with van der Waals surface area (Å²) < 4.78 is 0. The minimum absolute atomic E-state index is 0.201. The molecule has 11 aromatic rings. The maximum absolute atomic E-state index is 11.7. The molecule has 0 fully saturated rings. The van der Waals surface area contributed by atoms with Crippen molar-refractivity contribution in [2.24, 2.45) is 0 Å². The van der Waals surface area contributed by atoms with Gasteiger partial charge in [-0.1, -0.05) is 146 Å². The van der Waals surface area contributed by atoms with Gasteiger partial charge >= 0.3 is 23.9 Å². The maximum Gasteiger partial charge on any atom is 0.335 e. The maximum atomic E-state index is 11.7. The van der Waals surface area contributed by atoms with E-state index in [4.69, 9.17) is 9.97 Å². The van der Waals surface area contributed by atoms with Crippen molar-refractivity contribution < 1.29 is 39.6 Å². The van der Waals surface area contributed by atoms with Crippen LogP contribution in [-0.2, 0) is 0 Å². The van der Waals surface area contributed by atoms with Crippen LogP contribution in [0.5, 0.6) is 0 Å². The van der Waals surface area contributed by atoms with Gasteiger partial charge in [0, 0.05) is 44.3 Å². The molecule has 402 valence electrons. The second-order valence-corrected chi connectivity index (χ2v) is 20.3. The smallest absolute Gasteiger partial charge is 0.335 e. The second kappa shape index (κ2) is 21.4. The molecule has 0 atom stereocenters. The van der Waals surface area contributed by atoms with Gasteiger partial charge in [0.2, 0.25) is 0 Å². The molecule has 0 amide bonds. The molecule has 0 aliphatic carbocycles. The Bertz CT molecular complexity index is 4490. The number of nitrogens with zero attached hydrogens (tertiary/aromatic N) is 2. The molecule has 6 N–H and O–H groups in total. The zero-order chi connectivity index (χ0) is 57.6. The van der Waals surface area contributed by atoms with Gasteiger partial charge in [0.15, 0.2) is 0 Å². The van der Waals surface area contributed by atoms with Crippen LogP contribution in [0, 0.1) is 0 Å². The van der Waals surface area contributed by atoms with E-state index >= 15 is 0 Å². The quantitative estimate of drug-likeness (QED) is 0.0682. The fourth-order valence-electron chi connectivity index (χ4n) is 11.0. The molecule has 0 unspecified atom stereocenters. The lowest BCUT2D eigenvalue weighted by Gasteiger charge is -2.09. The highest BCUT2D eigenvalue weighted by molar-refractivity contribution is 6.01. The largest absolute Gasteiger partial charge is 0.478 e. The lowest BCUT2D eigenvalue weighted by molar-refractivity contribution is 0.0686. The zero-order valence-electron chi connectivity index (χ0n) is 44.4. The van der Waals surface area contributed by atoms with Crippen LogP contribution >= 0.6 is 0 Å². The number of H-pyrrole nitrogens is 2. The molecule has 0 saturated heterocycles. The highest BCUT2D eigenvalue weighted by Gasteiger charge is 2.21. The first kappa shape index (κ1) is 51.7. The fourth-order valence-corrected chi connectivity index (χ4v) is 11.0. The van der Waals surface area contributed by atoms with E-state index in [2.05, 4.69) is 46.4 Å². The van der Waals surface area contributed by atoms with Gasteiger partial charge in [0.1, 0.15) is 0 Å². The van der Waals surface area contributed by atoms with Crippen molar-refractivity contribution in [2.75, 3.05) is 0 Å². The SMILES string of the molecule is O=C(O)c1ccc(-c2ccc(-c3c4nc(c(-c5ccc(-c6ccc(C(=O)O)cc6)cc5)c5ccc([nH]5)c(-c5ccc(-c6ccc(C(=O)O)cc6)cc5)c5ccc([nH]5)c(-c5ccc(-c6ccc(C(=O)O)cc6)cc5)c5nc3C=C5)C=C4)cc2)cc1. The van der Waals surface area contributed by atoms with Crippen molar-refractivity contribution in [1.29, 1.82) is 0 Å². The molecule has 12 nitrogen and oxygen atoms in total. The molecule has 13 rings (SSSR count). The number of carboxylic acids is 4. The van der Waals surface area contributed by atoms with Crippen LogP contribution < -0.4 is 0 Å². The Morgan fingerprint density at radius 3 is 0.643 bits per heavy atom. The van der Waals surface area contributed by atoms with Gasteiger partial charge in [-0.05, 0) is 164 Å². The molecule has 2 aliphatic heterocycles. The Hall–Kier alpha value is -11.8. The van der Waals surface area contributed by atoms with E-state index < -0.39 is 23.9 Å². The van der Waals surface area contributed by atoms with Gasteiger partial charge in [-0.25, -0.2) is 29.1 Å². The highest BCUT2D eigenvalue weighted by atomic mass is 16.4. The summed E-state index contributed by atoms with van der Waals surface area (Å²) in [5.41, 5.74) is 20.6. The number of aromatic amines is 2. The predicted molar refractivity (Wildman–Crippen MR) is 330 cm³/mol. The third-order valence-electron chi connectivity index (χ3n) is 15.3. The number of hydrogen-bond acceptors (Lipinski definition) is 6. The molecule has 12 heteroatoms. The number of aromatic carboxylic acids is 4. The van der Waals surface area contributed by atoms with Gasteiger partial charge in [0.25, 0.3) is 0 Å². The molecule has 0 spiro atoms. The molecule has 0 saturated carbocycles. The number of hydrogen-bond donors (Lipinski definition) is 6.